The Morgan fingerprint density at radius 1 is 1.41 bits per heavy atom. The number of aromatic nitrogens is 1. The quantitative estimate of drug-likeness (QED) is 0.762. The van der Waals surface area contributed by atoms with Crippen molar-refractivity contribution in [1.82, 2.24) is 4.98 Å². The minimum atomic E-state index is -5.01. The van der Waals surface area contributed by atoms with Crippen LogP contribution in [0, 0.1) is 0 Å². The zero-order valence-electron chi connectivity index (χ0n) is 13.8. The normalized spacial score (nSPS) is 19.9. The van der Waals surface area contributed by atoms with Gasteiger partial charge in [-0.3, -0.25) is 0 Å². The van der Waals surface area contributed by atoms with Crippen molar-refractivity contribution in [2.24, 2.45) is 5.10 Å². The number of halogens is 4. The molecular formula is C16H13ClF3N3O3S. The van der Waals surface area contributed by atoms with Gasteiger partial charge in [-0.15, -0.1) is 11.3 Å². The molecule has 11 heteroatoms. The van der Waals surface area contributed by atoms with Gasteiger partial charge in [0.2, 0.25) is 5.13 Å². The zero-order chi connectivity index (χ0) is 19.8. The minimum Gasteiger partial charge on any atom is -0.461 e. The second kappa shape index (κ2) is 7.10. The van der Waals surface area contributed by atoms with Gasteiger partial charge in [0.25, 0.3) is 5.72 Å². The van der Waals surface area contributed by atoms with E-state index in [1.54, 1.807) is 6.92 Å². The van der Waals surface area contributed by atoms with Gasteiger partial charge in [0.15, 0.2) is 5.69 Å². The Bertz CT molecular complexity index is 885. The van der Waals surface area contributed by atoms with Gasteiger partial charge in [0, 0.05) is 10.4 Å². The molecular weight excluding hydrogens is 407 g/mol. The van der Waals surface area contributed by atoms with Crippen molar-refractivity contribution in [3.8, 4) is 0 Å². The lowest BCUT2D eigenvalue weighted by Gasteiger charge is -2.32. The van der Waals surface area contributed by atoms with Crippen LogP contribution in [0.15, 0.2) is 34.7 Å². The number of benzene rings is 1. The topological polar surface area (TPSA) is 75.0 Å². The van der Waals surface area contributed by atoms with Crippen LogP contribution in [-0.4, -0.2) is 40.3 Å². The van der Waals surface area contributed by atoms with Gasteiger partial charge in [-0.05, 0) is 24.6 Å². The molecule has 1 aromatic heterocycles. The number of carbonyl (C=O) groups is 1. The predicted molar refractivity (Wildman–Crippen MR) is 94.2 cm³/mol. The number of hydrogen-bond donors (Lipinski definition) is 1. The molecule has 6 nitrogen and oxygen atoms in total. The highest BCUT2D eigenvalue weighted by molar-refractivity contribution is 7.14. The summed E-state index contributed by atoms with van der Waals surface area (Å²) in [5.74, 6) is -0.767. The number of hydrogen-bond acceptors (Lipinski definition) is 7. The molecule has 27 heavy (non-hydrogen) atoms. The molecule has 0 fully saturated rings. The third kappa shape index (κ3) is 3.64. The maximum Gasteiger partial charge on any atom is 0.438 e. The number of anilines is 1. The summed E-state index contributed by atoms with van der Waals surface area (Å²) in [7, 11) is 0. The minimum absolute atomic E-state index is 0.0133. The summed E-state index contributed by atoms with van der Waals surface area (Å²) in [6.45, 7) is 1.69. The van der Waals surface area contributed by atoms with Crippen LogP contribution >= 0.6 is 22.9 Å². The predicted octanol–water partition coefficient (Wildman–Crippen LogP) is 3.84. The van der Waals surface area contributed by atoms with E-state index in [4.69, 9.17) is 16.3 Å². The number of nitrogens with zero attached hydrogens (tertiary/aromatic N) is 3. The first kappa shape index (κ1) is 19.6. The van der Waals surface area contributed by atoms with E-state index in [1.165, 1.54) is 29.6 Å². The van der Waals surface area contributed by atoms with Gasteiger partial charge >= 0.3 is 12.1 Å². The average molecular weight is 420 g/mol. The Kier molecular flexibility index (Phi) is 5.15. The first-order valence-corrected chi connectivity index (χ1v) is 8.97. The molecule has 2 heterocycles. The molecule has 1 aromatic carbocycles. The molecule has 1 aliphatic heterocycles. The summed E-state index contributed by atoms with van der Waals surface area (Å²) in [5, 5.41) is 16.1. The van der Waals surface area contributed by atoms with Crippen molar-refractivity contribution in [2.75, 3.05) is 11.6 Å². The summed E-state index contributed by atoms with van der Waals surface area (Å²) in [6.07, 6.45) is -5.81. The Morgan fingerprint density at radius 3 is 2.67 bits per heavy atom. The maximum atomic E-state index is 13.6. The molecule has 0 unspecified atom stereocenters. The summed E-state index contributed by atoms with van der Waals surface area (Å²) in [6, 6.07) is 6.04. The summed E-state index contributed by atoms with van der Waals surface area (Å²) >= 11 is 6.54. The molecule has 0 amide bonds. The zero-order valence-corrected chi connectivity index (χ0v) is 15.4. The van der Waals surface area contributed by atoms with Crippen LogP contribution in [0.1, 0.15) is 29.4 Å². The standard InChI is InChI=1S/C16H13ClF3N3O3S/c1-2-26-13(24)12-8-27-14(21-12)23-15(25,16(18,19)20)7-11(22-23)9-3-5-10(17)6-4-9/h3-6,8,25H,2,7H2,1H3/t15-/m0/s1. The van der Waals surface area contributed by atoms with E-state index in [0.29, 0.717) is 15.6 Å². The highest BCUT2D eigenvalue weighted by Gasteiger charge is 2.62. The lowest BCUT2D eigenvalue weighted by molar-refractivity contribution is -0.254. The second-order valence-electron chi connectivity index (χ2n) is 5.59. The van der Waals surface area contributed by atoms with Crippen molar-refractivity contribution >= 4 is 39.8 Å². The summed E-state index contributed by atoms with van der Waals surface area (Å²) in [5.41, 5.74) is -3.05. The number of thiazole rings is 1. The van der Waals surface area contributed by atoms with Crippen molar-refractivity contribution in [2.45, 2.75) is 25.2 Å². The van der Waals surface area contributed by atoms with Gasteiger partial charge in [-0.25, -0.2) is 9.78 Å². The summed E-state index contributed by atoms with van der Waals surface area (Å²) < 4.78 is 45.6. The molecule has 1 aliphatic rings. The van der Waals surface area contributed by atoms with E-state index in [1.807, 2.05) is 0 Å². The Morgan fingerprint density at radius 2 is 2.07 bits per heavy atom. The van der Waals surface area contributed by atoms with Gasteiger partial charge in [0.1, 0.15) is 0 Å². The maximum absolute atomic E-state index is 13.6. The van der Waals surface area contributed by atoms with E-state index in [2.05, 4.69) is 10.1 Å². The van der Waals surface area contributed by atoms with Crippen molar-refractivity contribution < 1.29 is 27.8 Å². The number of aliphatic hydroxyl groups is 1. The Balaban J connectivity index is 2.01. The number of ether oxygens (including phenoxy) is 1. The molecule has 0 spiro atoms. The van der Waals surface area contributed by atoms with E-state index >= 15 is 0 Å². The van der Waals surface area contributed by atoms with E-state index < -0.39 is 24.3 Å². The van der Waals surface area contributed by atoms with Crippen LogP contribution in [0.25, 0.3) is 0 Å². The molecule has 144 valence electrons. The van der Waals surface area contributed by atoms with Gasteiger partial charge in [-0.1, -0.05) is 23.7 Å². The number of rotatable bonds is 4. The highest BCUT2D eigenvalue weighted by atomic mass is 35.5. The van der Waals surface area contributed by atoms with Crippen molar-refractivity contribution in [3.05, 3.63) is 45.9 Å². The van der Waals surface area contributed by atoms with Crippen LogP contribution in [-0.2, 0) is 4.74 Å². The Labute approximate surface area is 160 Å². The lowest BCUT2D eigenvalue weighted by atomic mass is 10.0. The van der Waals surface area contributed by atoms with Crippen LogP contribution in [0.4, 0.5) is 18.3 Å². The van der Waals surface area contributed by atoms with Crippen molar-refractivity contribution in [1.29, 1.82) is 0 Å². The highest BCUT2D eigenvalue weighted by Crippen LogP contribution is 2.44. The first-order valence-electron chi connectivity index (χ1n) is 7.71. The summed E-state index contributed by atoms with van der Waals surface area (Å²) in [4.78, 5) is 15.6. The molecule has 0 radical (unpaired) electrons. The van der Waals surface area contributed by atoms with E-state index in [-0.39, 0.29) is 23.1 Å². The number of alkyl halides is 3. The molecule has 0 saturated heterocycles. The lowest BCUT2D eigenvalue weighted by Crippen LogP contribution is -2.55. The number of carbonyl (C=O) groups excluding carboxylic acids is 1. The molecule has 0 aliphatic carbocycles. The SMILES string of the molecule is CCOC(=O)c1csc(N2N=C(c3ccc(Cl)cc3)C[C@]2(O)C(F)(F)F)n1. The second-order valence-corrected chi connectivity index (χ2v) is 6.87. The van der Waals surface area contributed by atoms with E-state index in [0.717, 1.165) is 11.3 Å². The Hall–Kier alpha value is -2.17. The fraction of sp³-hybridized carbons (Fsp3) is 0.312. The van der Waals surface area contributed by atoms with Crippen LogP contribution in [0.5, 0.6) is 0 Å². The first-order chi connectivity index (χ1) is 12.7. The van der Waals surface area contributed by atoms with E-state index in [9.17, 15) is 23.1 Å². The molecule has 0 saturated carbocycles. The molecule has 2 aromatic rings. The third-order valence-corrected chi connectivity index (χ3v) is 4.84. The van der Waals surface area contributed by atoms with Crippen molar-refractivity contribution in [3.63, 3.8) is 0 Å². The molecule has 1 N–H and O–H groups in total. The van der Waals surface area contributed by atoms with Gasteiger partial charge in [0.05, 0.1) is 18.7 Å². The van der Waals surface area contributed by atoms with Crippen LogP contribution in [0.2, 0.25) is 5.02 Å². The smallest absolute Gasteiger partial charge is 0.438 e. The molecule has 0 bridgehead atoms. The average Bonchev–Trinajstić information content (AvgIpc) is 3.20. The molecule has 3 rings (SSSR count). The fourth-order valence-electron chi connectivity index (χ4n) is 2.43. The number of esters is 1. The third-order valence-electron chi connectivity index (χ3n) is 3.77. The number of hydrazone groups is 1. The monoisotopic (exact) mass is 419 g/mol. The van der Waals surface area contributed by atoms with Gasteiger partial charge < -0.3 is 9.84 Å². The largest absolute Gasteiger partial charge is 0.461 e. The van der Waals surface area contributed by atoms with Crippen LogP contribution in [0.3, 0.4) is 0 Å². The molecule has 1 atom stereocenters. The fourth-order valence-corrected chi connectivity index (χ4v) is 3.37. The van der Waals surface area contributed by atoms with Gasteiger partial charge in [-0.2, -0.15) is 23.3 Å². The van der Waals surface area contributed by atoms with Crippen LogP contribution < -0.4 is 5.01 Å².